The number of nitrogens with zero attached hydrogens (tertiary/aromatic N) is 3. The van der Waals surface area contributed by atoms with Gasteiger partial charge in [-0.25, -0.2) is 13.6 Å². The number of methoxy groups -OCH3 is 1. The molecule has 2 N–H and O–H groups in total. The molecule has 5 aromatic rings. The zero-order chi connectivity index (χ0) is 25.4. The summed E-state index contributed by atoms with van der Waals surface area (Å²) in [6, 6.07) is 16.5. The molecule has 3 aromatic heterocycles. The molecule has 0 saturated carbocycles. The molecule has 0 fully saturated rings. The molecule has 0 unspecified atom stereocenters. The lowest BCUT2D eigenvalue weighted by Gasteiger charge is -2.02. The van der Waals surface area contributed by atoms with Crippen molar-refractivity contribution in [1.82, 2.24) is 14.6 Å². The summed E-state index contributed by atoms with van der Waals surface area (Å²) < 4.78 is 35.2. The molecule has 0 bridgehead atoms. The van der Waals surface area contributed by atoms with Crippen LogP contribution in [0.3, 0.4) is 0 Å². The van der Waals surface area contributed by atoms with Crippen molar-refractivity contribution >= 4 is 32.4 Å². The van der Waals surface area contributed by atoms with Crippen LogP contribution in [0.15, 0.2) is 79.6 Å². The Bertz CT molecular complexity index is 1860. The number of hydrogen-bond acceptors (Lipinski definition) is 9. The van der Waals surface area contributed by atoms with Gasteiger partial charge in [0.15, 0.2) is 0 Å². The third kappa shape index (κ3) is 4.69. The second-order valence-corrected chi connectivity index (χ2v) is 10.3. The summed E-state index contributed by atoms with van der Waals surface area (Å²) in [5.74, 6) is 1.56. The molecule has 5 rings (SSSR count). The fraction of sp³-hybridized carbons (Fsp3) is 0.0833. The van der Waals surface area contributed by atoms with Crippen molar-refractivity contribution in [2.24, 2.45) is 5.14 Å². The van der Waals surface area contributed by atoms with Gasteiger partial charge in [-0.2, -0.15) is 14.6 Å². The molecule has 3 heterocycles. The fourth-order valence-corrected chi connectivity index (χ4v) is 4.91. The van der Waals surface area contributed by atoms with Crippen LogP contribution >= 0.6 is 11.3 Å². The van der Waals surface area contributed by atoms with E-state index in [0.717, 1.165) is 21.4 Å². The Hall–Kier alpha value is -4.13. The molecule has 0 aliphatic heterocycles. The minimum absolute atomic E-state index is 0.00742. The summed E-state index contributed by atoms with van der Waals surface area (Å²) in [7, 11) is -2.22. The van der Waals surface area contributed by atoms with E-state index in [1.165, 1.54) is 12.1 Å². The lowest BCUT2D eigenvalue weighted by molar-refractivity contribution is 0.414. The summed E-state index contributed by atoms with van der Waals surface area (Å²) in [6.45, 7) is 0. The number of primary sulfonamides is 1. The van der Waals surface area contributed by atoms with E-state index >= 15 is 0 Å². The Kier molecular flexibility index (Phi) is 6.00. The molecule has 2 aromatic carbocycles. The van der Waals surface area contributed by atoms with E-state index in [4.69, 9.17) is 14.3 Å². The van der Waals surface area contributed by atoms with E-state index in [2.05, 4.69) is 10.1 Å². The van der Waals surface area contributed by atoms with E-state index in [1.807, 2.05) is 12.1 Å². The van der Waals surface area contributed by atoms with Gasteiger partial charge in [0, 0.05) is 18.1 Å². The lowest BCUT2D eigenvalue weighted by Crippen LogP contribution is -2.28. The van der Waals surface area contributed by atoms with Crippen LogP contribution in [0.1, 0.15) is 17.0 Å². The van der Waals surface area contributed by atoms with Gasteiger partial charge in [0.1, 0.15) is 27.5 Å². The van der Waals surface area contributed by atoms with Crippen molar-refractivity contribution in [1.29, 1.82) is 0 Å². The first-order valence-corrected chi connectivity index (χ1v) is 12.9. The molecule has 0 atom stereocenters. The van der Waals surface area contributed by atoms with Gasteiger partial charge in [-0.05, 0) is 54.1 Å². The largest absolute Gasteiger partial charge is 0.497 e. The molecule has 0 amide bonds. The number of thiazole rings is 1. The number of furan rings is 1. The smallest absolute Gasteiger partial charge is 0.296 e. The number of benzene rings is 2. The van der Waals surface area contributed by atoms with E-state index in [9.17, 15) is 18.0 Å². The quantitative estimate of drug-likeness (QED) is 0.353. The van der Waals surface area contributed by atoms with Crippen LogP contribution in [-0.2, 0) is 16.4 Å². The number of fused-ring (bicyclic) bond motifs is 1. The molecule has 0 aliphatic carbocycles. The van der Waals surface area contributed by atoms with Gasteiger partial charge < -0.3 is 9.15 Å². The highest BCUT2D eigenvalue weighted by atomic mass is 32.2. The van der Waals surface area contributed by atoms with E-state index in [0.29, 0.717) is 27.4 Å². The summed E-state index contributed by atoms with van der Waals surface area (Å²) in [4.78, 5) is 29.7. The normalized spacial score (nSPS) is 12.3. The number of nitrogens with two attached hydrogens (primary N) is 1. The van der Waals surface area contributed by atoms with Crippen LogP contribution in [0, 0.1) is 0 Å². The monoisotopic (exact) mass is 522 g/mol. The van der Waals surface area contributed by atoms with E-state index < -0.39 is 21.1 Å². The van der Waals surface area contributed by atoms with Crippen LogP contribution in [0.4, 0.5) is 0 Å². The minimum Gasteiger partial charge on any atom is -0.497 e. The predicted octanol–water partition coefficient (Wildman–Crippen LogP) is 1.57. The van der Waals surface area contributed by atoms with Gasteiger partial charge in [-0.3, -0.25) is 9.59 Å². The Morgan fingerprint density at radius 2 is 1.78 bits per heavy atom. The molecule has 10 nitrogen and oxygen atoms in total. The number of aromatic nitrogens is 3. The predicted molar refractivity (Wildman–Crippen MR) is 134 cm³/mol. The summed E-state index contributed by atoms with van der Waals surface area (Å²) in [5.41, 5.74) is 0.701. The zero-order valence-electron chi connectivity index (χ0n) is 18.7. The van der Waals surface area contributed by atoms with Gasteiger partial charge in [0.25, 0.3) is 11.1 Å². The Balaban J connectivity index is 1.46. The van der Waals surface area contributed by atoms with Crippen molar-refractivity contribution in [2.45, 2.75) is 11.3 Å². The highest BCUT2D eigenvalue weighted by molar-refractivity contribution is 7.89. The van der Waals surface area contributed by atoms with Gasteiger partial charge in [-0.15, -0.1) is 0 Å². The summed E-state index contributed by atoms with van der Waals surface area (Å²) >= 11 is 1.03. The Morgan fingerprint density at radius 3 is 2.44 bits per heavy atom. The molecule has 12 heteroatoms. The average Bonchev–Trinajstić information content (AvgIpc) is 3.44. The lowest BCUT2D eigenvalue weighted by atomic mass is 10.1. The summed E-state index contributed by atoms with van der Waals surface area (Å²) in [6.07, 6.45) is 1.76. The summed E-state index contributed by atoms with van der Waals surface area (Å²) in [5, 5.41) is 9.38. The fourth-order valence-electron chi connectivity index (χ4n) is 3.51. The molecular weight excluding hydrogens is 504 g/mol. The highest BCUT2D eigenvalue weighted by Crippen LogP contribution is 2.24. The van der Waals surface area contributed by atoms with Crippen LogP contribution in [0.5, 0.6) is 5.75 Å². The SMILES string of the molecule is COc1ccc(Cc2nn3c(=O)c(=Cc4ccc(-c5ccc(S(N)(=O)=O)cc5)o4)sc3nc2=O)cc1. The van der Waals surface area contributed by atoms with Crippen LogP contribution in [0.25, 0.3) is 22.4 Å². The van der Waals surface area contributed by atoms with Gasteiger partial charge in [0.05, 0.1) is 12.0 Å². The van der Waals surface area contributed by atoms with Crippen molar-refractivity contribution in [3.05, 3.63) is 103 Å². The first-order valence-electron chi connectivity index (χ1n) is 10.5. The van der Waals surface area contributed by atoms with Gasteiger partial charge in [0.2, 0.25) is 15.0 Å². The van der Waals surface area contributed by atoms with Crippen LogP contribution in [-0.4, -0.2) is 30.1 Å². The van der Waals surface area contributed by atoms with Crippen LogP contribution in [0.2, 0.25) is 0 Å². The molecular formula is C24H18N4O6S2. The average molecular weight is 523 g/mol. The second-order valence-electron chi connectivity index (χ2n) is 7.77. The highest BCUT2D eigenvalue weighted by Gasteiger charge is 2.13. The standard InChI is InChI=1S/C24H18N4O6S2/c1-33-16-6-2-14(3-7-16)12-19-22(29)26-24-28(27-19)23(30)21(35-24)13-17-8-11-20(34-17)15-4-9-18(10-5-15)36(25,31)32/h2-11,13H,12H2,1H3,(H2,25,31,32). The maximum Gasteiger partial charge on any atom is 0.296 e. The van der Waals surface area contributed by atoms with Gasteiger partial charge >= 0.3 is 0 Å². The molecule has 0 saturated heterocycles. The topological polar surface area (TPSA) is 147 Å². The third-order valence-corrected chi connectivity index (χ3v) is 7.24. The first kappa shape index (κ1) is 23.6. The third-order valence-electron chi connectivity index (χ3n) is 5.35. The number of ether oxygens (including phenoxy) is 1. The van der Waals surface area contributed by atoms with Crippen molar-refractivity contribution < 1.29 is 17.6 Å². The molecule has 182 valence electrons. The second kappa shape index (κ2) is 9.15. The number of sulfonamides is 1. The maximum atomic E-state index is 13.0. The van der Waals surface area contributed by atoms with Crippen molar-refractivity contribution in [3.8, 4) is 17.1 Å². The minimum atomic E-state index is -3.79. The molecule has 0 radical (unpaired) electrons. The Morgan fingerprint density at radius 1 is 1.06 bits per heavy atom. The maximum absolute atomic E-state index is 13.0. The van der Waals surface area contributed by atoms with Crippen LogP contribution < -0.4 is 25.5 Å². The van der Waals surface area contributed by atoms with Crippen molar-refractivity contribution in [3.63, 3.8) is 0 Å². The molecule has 36 heavy (non-hydrogen) atoms. The zero-order valence-corrected chi connectivity index (χ0v) is 20.4. The number of hydrogen-bond donors (Lipinski definition) is 1. The Labute approximate surface area is 208 Å². The molecule has 0 aliphatic rings. The van der Waals surface area contributed by atoms with Crippen molar-refractivity contribution in [2.75, 3.05) is 7.11 Å². The van der Waals surface area contributed by atoms with Gasteiger partial charge in [-0.1, -0.05) is 23.5 Å². The van der Waals surface area contributed by atoms with E-state index in [-0.39, 0.29) is 22.0 Å². The molecule has 0 spiro atoms. The number of rotatable bonds is 6. The van der Waals surface area contributed by atoms with E-state index in [1.54, 1.807) is 49.6 Å². The first-order chi connectivity index (χ1) is 17.2.